The van der Waals surface area contributed by atoms with Crippen LogP contribution in [0.2, 0.25) is 0 Å². The summed E-state index contributed by atoms with van der Waals surface area (Å²) in [6, 6.07) is 4.09. The molecule has 2 N–H and O–H groups in total. The van der Waals surface area contributed by atoms with Gasteiger partial charge >= 0.3 is 5.97 Å². The third-order valence-electron chi connectivity index (χ3n) is 4.50. The molecule has 2 aromatic rings. The van der Waals surface area contributed by atoms with E-state index in [4.69, 9.17) is 4.74 Å². The number of esters is 1. The molecule has 1 aliphatic rings. The van der Waals surface area contributed by atoms with E-state index in [9.17, 15) is 9.90 Å². The molecule has 0 atom stereocenters. The summed E-state index contributed by atoms with van der Waals surface area (Å²) in [6.45, 7) is 1.74. The highest BCUT2D eigenvalue weighted by Gasteiger charge is 2.20. The number of aliphatic hydroxyl groups excluding tert-OH is 1. The number of anilines is 1. The smallest absolute Gasteiger partial charge is 0.343 e. The van der Waals surface area contributed by atoms with E-state index in [-0.39, 0.29) is 18.8 Å². The van der Waals surface area contributed by atoms with E-state index in [1.165, 1.54) is 7.11 Å². The first-order valence-corrected chi connectivity index (χ1v) is 8.47. The normalized spacial score (nSPS) is 20.3. The van der Waals surface area contributed by atoms with Gasteiger partial charge in [-0.3, -0.25) is 0 Å². The number of nitrogens with zero attached hydrogens (tertiary/aromatic N) is 2. The lowest BCUT2D eigenvalue weighted by molar-refractivity contribution is -0.142. The zero-order valence-electron chi connectivity index (χ0n) is 14.5. The Morgan fingerprint density at radius 2 is 2.08 bits per heavy atom. The quantitative estimate of drug-likeness (QED) is 0.802. The number of carbonyl (C=O) groups is 1. The lowest BCUT2D eigenvalue weighted by Gasteiger charge is -2.26. The van der Waals surface area contributed by atoms with Gasteiger partial charge in [-0.15, -0.1) is 0 Å². The lowest BCUT2D eigenvalue weighted by Crippen LogP contribution is -2.28. The number of ether oxygens (including phenoxy) is 2. The minimum Gasteiger partial charge on any atom is -0.479 e. The van der Waals surface area contributed by atoms with Crippen molar-refractivity contribution in [3.05, 3.63) is 23.9 Å². The van der Waals surface area contributed by atoms with Gasteiger partial charge in [0.05, 0.1) is 13.2 Å². The molecule has 0 aliphatic heterocycles. The Morgan fingerprint density at radius 1 is 1.32 bits per heavy atom. The summed E-state index contributed by atoms with van der Waals surface area (Å²) in [6.07, 6.45) is 4.91. The molecule has 1 aromatic carbocycles. The van der Waals surface area contributed by atoms with E-state index in [1.54, 1.807) is 6.20 Å². The van der Waals surface area contributed by atoms with Crippen molar-refractivity contribution in [2.75, 3.05) is 19.0 Å². The van der Waals surface area contributed by atoms with Crippen LogP contribution < -0.4 is 10.1 Å². The van der Waals surface area contributed by atoms with Gasteiger partial charge in [0.2, 0.25) is 5.95 Å². The zero-order valence-corrected chi connectivity index (χ0v) is 14.5. The summed E-state index contributed by atoms with van der Waals surface area (Å²) < 4.78 is 10.3. The number of aromatic nitrogens is 2. The molecule has 0 saturated heterocycles. The number of rotatable bonds is 5. The Bertz CT molecular complexity index is 757. The first kappa shape index (κ1) is 17.4. The van der Waals surface area contributed by atoms with Crippen LogP contribution in [-0.4, -0.2) is 46.9 Å². The van der Waals surface area contributed by atoms with Crippen LogP contribution in [0.4, 0.5) is 5.95 Å². The van der Waals surface area contributed by atoms with Crippen molar-refractivity contribution in [2.24, 2.45) is 0 Å². The van der Waals surface area contributed by atoms with Crippen molar-refractivity contribution in [1.82, 2.24) is 9.97 Å². The highest BCUT2D eigenvalue weighted by Crippen LogP contribution is 2.29. The van der Waals surface area contributed by atoms with Gasteiger partial charge in [-0.1, -0.05) is 12.1 Å². The maximum Gasteiger partial charge on any atom is 0.343 e. The van der Waals surface area contributed by atoms with Crippen LogP contribution in [-0.2, 0) is 9.53 Å². The maximum absolute atomic E-state index is 11.4. The number of carbonyl (C=O) groups excluding carboxylic acids is 1. The van der Waals surface area contributed by atoms with Crippen molar-refractivity contribution in [3.63, 3.8) is 0 Å². The van der Waals surface area contributed by atoms with Gasteiger partial charge in [0.1, 0.15) is 11.3 Å². The molecule has 0 spiro atoms. The Hall–Kier alpha value is -2.41. The van der Waals surface area contributed by atoms with Crippen molar-refractivity contribution >= 4 is 22.8 Å². The van der Waals surface area contributed by atoms with Crippen LogP contribution in [0.15, 0.2) is 18.3 Å². The number of hydrogen-bond donors (Lipinski definition) is 2. The molecular formula is C18H23N3O4. The molecule has 25 heavy (non-hydrogen) atoms. The molecule has 1 heterocycles. The van der Waals surface area contributed by atoms with Gasteiger partial charge < -0.3 is 19.9 Å². The number of benzene rings is 1. The monoisotopic (exact) mass is 345 g/mol. The maximum atomic E-state index is 11.4. The van der Waals surface area contributed by atoms with Crippen molar-refractivity contribution in [2.45, 2.75) is 44.8 Å². The number of fused-ring (bicyclic) bond motifs is 1. The van der Waals surface area contributed by atoms with Crippen molar-refractivity contribution in [1.29, 1.82) is 0 Å². The SMILES string of the molecule is COC(=O)COc1c(C)ccc2cnc(NC3CCC(O)CC3)nc12. The zero-order chi connectivity index (χ0) is 17.8. The van der Waals surface area contributed by atoms with Crippen molar-refractivity contribution < 1.29 is 19.4 Å². The highest BCUT2D eigenvalue weighted by atomic mass is 16.6. The summed E-state index contributed by atoms with van der Waals surface area (Å²) in [7, 11) is 1.33. The van der Waals surface area contributed by atoms with E-state index >= 15 is 0 Å². The van der Waals surface area contributed by atoms with Gasteiger partial charge in [-0.25, -0.2) is 14.8 Å². The number of methoxy groups -OCH3 is 1. The van der Waals surface area contributed by atoms with Crippen LogP contribution in [0.25, 0.3) is 10.9 Å². The van der Waals surface area contributed by atoms with Crippen LogP contribution in [0.3, 0.4) is 0 Å². The molecule has 0 unspecified atom stereocenters. The molecule has 1 aromatic heterocycles. The lowest BCUT2D eigenvalue weighted by atomic mass is 9.93. The summed E-state index contributed by atoms with van der Waals surface area (Å²) in [4.78, 5) is 20.3. The average molecular weight is 345 g/mol. The Labute approximate surface area is 146 Å². The molecular weight excluding hydrogens is 322 g/mol. The van der Waals surface area contributed by atoms with Crippen molar-refractivity contribution in [3.8, 4) is 5.75 Å². The molecule has 1 saturated carbocycles. The van der Waals surface area contributed by atoms with Gasteiger partial charge in [0.25, 0.3) is 0 Å². The average Bonchev–Trinajstić information content (AvgIpc) is 2.62. The Balaban J connectivity index is 1.83. The molecule has 0 radical (unpaired) electrons. The summed E-state index contributed by atoms with van der Waals surface area (Å²) >= 11 is 0. The minimum atomic E-state index is -0.440. The molecule has 1 fully saturated rings. The van der Waals surface area contributed by atoms with Gasteiger partial charge in [0.15, 0.2) is 6.61 Å². The number of aliphatic hydroxyl groups is 1. The second-order valence-corrected chi connectivity index (χ2v) is 6.36. The van der Waals surface area contributed by atoms with Crippen LogP contribution in [0.1, 0.15) is 31.2 Å². The van der Waals surface area contributed by atoms with Gasteiger partial charge in [-0.05, 0) is 38.2 Å². The summed E-state index contributed by atoms with van der Waals surface area (Å²) in [5, 5.41) is 13.8. The minimum absolute atomic E-state index is 0.163. The first-order valence-electron chi connectivity index (χ1n) is 8.47. The van der Waals surface area contributed by atoms with E-state index in [0.717, 1.165) is 36.6 Å². The van der Waals surface area contributed by atoms with Crippen LogP contribution >= 0.6 is 0 Å². The van der Waals surface area contributed by atoms with Crippen LogP contribution in [0.5, 0.6) is 5.75 Å². The van der Waals surface area contributed by atoms with Gasteiger partial charge in [0, 0.05) is 17.6 Å². The standard InChI is InChI=1S/C18H23N3O4/c1-11-3-4-12-9-19-18(20-13-5-7-14(22)8-6-13)21-16(12)17(11)25-10-15(23)24-2/h3-4,9,13-14,22H,5-8,10H2,1-2H3,(H,19,20,21). The van der Waals surface area contributed by atoms with E-state index < -0.39 is 5.97 Å². The second kappa shape index (κ2) is 7.65. The topological polar surface area (TPSA) is 93.6 Å². The fourth-order valence-electron chi connectivity index (χ4n) is 3.02. The third kappa shape index (κ3) is 4.17. The largest absolute Gasteiger partial charge is 0.479 e. The molecule has 7 heteroatoms. The predicted octanol–water partition coefficient (Wildman–Crippen LogP) is 2.21. The fraction of sp³-hybridized carbons (Fsp3) is 0.500. The molecule has 3 rings (SSSR count). The second-order valence-electron chi connectivity index (χ2n) is 6.36. The Kier molecular flexibility index (Phi) is 5.33. The van der Waals surface area contributed by atoms with Crippen LogP contribution in [0, 0.1) is 6.92 Å². The molecule has 134 valence electrons. The molecule has 0 amide bonds. The van der Waals surface area contributed by atoms with E-state index in [2.05, 4.69) is 20.0 Å². The number of nitrogens with one attached hydrogen (secondary N) is 1. The highest BCUT2D eigenvalue weighted by molar-refractivity contribution is 5.86. The number of aryl methyl sites for hydroxylation is 1. The first-order chi connectivity index (χ1) is 12.1. The van der Waals surface area contributed by atoms with Gasteiger partial charge in [-0.2, -0.15) is 0 Å². The predicted molar refractivity (Wildman–Crippen MR) is 93.7 cm³/mol. The third-order valence-corrected chi connectivity index (χ3v) is 4.50. The number of hydrogen-bond acceptors (Lipinski definition) is 7. The molecule has 7 nitrogen and oxygen atoms in total. The summed E-state index contributed by atoms with van der Waals surface area (Å²) in [5.41, 5.74) is 1.55. The Morgan fingerprint density at radius 3 is 2.80 bits per heavy atom. The molecule has 1 aliphatic carbocycles. The molecule has 0 bridgehead atoms. The fourth-order valence-corrected chi connectivity index (χ4v) is 3.02. The van der Waals surface area contributed by atoms with E-state index in [0.29, 0.717) is 17.2 Å². The summed E-state index contributed by atoms with van der Waals surface area (Å²) in [5.74, 6) is 0.652. The van der Waals surface area contributed by atoms with E-state index in [1.807, 2.05) is 19.1 Å².